The zero-order valence-electron chi connectivity index (χ0n) is 27.7. The average molecular weight is 642 g/mol. The van der Waals surface area contributed by atoms with Crippen molar-refractivity contribution in [3.05, 3.63) is 97.1 Å². The van der Waals surface area contributed by atoms with Gasteiger partial charge in [-0.1, -0.05) is 30.4 Å². The molecule has 0 radical (unpaired) electrons. The summed E-state index contributed by atoms with van der Waals surface area (Å²) in [5.41, 5.74) is 5.40. The molecular formula is C38H44FN3O5. The lowest BCUT2D eigenvalue weighted by atomic mass is 9.92. The monoisotopic (exact) mass is 641 g/mol. The van der Waals surface area contributed by atoms with Crippen LogP contribution in [0.1, 0.15) is 57.3 Å². The Morgan fingerprint density at radius 2 is 1.87 bits per heavy atom. The third-order valence-electron chi connectivity index (χ3n) is 8.67. The van der Waals surface area contributed by atoms with Crippen LogP contribution in [0.4, 0.5) is 10.1 Å². The van der Waals surface area contributed by atoms with E-state index >= 15 is 0 Å². The Morgan fingerprint density at radius 1 is 1.13 bits per heavy atom. The number of pyridine rings is 1. The lowest BCUT2D eigenvalue weighted by molar-refractivity contribution is -0.153. The maximum absolute atomic E-state index is 14.3. The van der Waals surface area contributed by atoms with Crippen molar-refractivity contribution in [1.29, 1.82) is 0 Å². The van der Waals surface area contributed by atoms with Gasteiger partial charge in [0.15, 0.2) is 11.8 Å². The van der Waals surface area contributed by atoms with E-state index in [9.17, 15) is 14.3 Å². The van der Waals surface area contributed by atoms with E-state index in [0.717, 1.165) is 35.1 Å². The fraction of sp³-hybridized carbons (Fsp3) is 0.368. The second kappa shape index (κ2) is 14.5. The number of benzene rings is 2. The number of carbonyl (C=O) groups excluding carboxylic acids is 1. The molecule has 0 amide bonds. The van der Waals surface area contributed by atoms with Crippen molar-refractivity contribution < 1.29 is 28.5 Å². The number of carbonyl (C=O) groups is 1. The van der Waals surface area contributed by atoms with Crippen LogP contribution in [-0.4, -0.2) is 58.5 Å². The molecule has 1 aliphatic rings. The average Bonchev–Trinajstić information content (AvgIpc) is 3.47. The topological polar surface area (TPSA) is 85.5 Å². The number of fused-ring (bicyclic) bond motifs is 1. The number of aliphatic hydroxyl groups is 1. The van der Waals surface area contributed by atoms with Crippen molar-refractivity contribution in [2.24, 2.45) is 0 Å². The summed E-state index contributed by atoms with van der Waals surface area (Å²) >= 11 is 0. The number of anilines is 1. The normalized spacial score (nSPS) is 15.7. The van der Waals surface area contributed by atoms with Crippen LogP contribution in [0.15, 0.2) is 80.2 Å². The van der Waals surface area contributed by atoms with E-state index in [2.05, 4.69) is 25.0 Å². The van der Waals surface area contributed by atoms with E-state index < -0.39 is 12.1 Å². The Morgan fingerprint density at radius 3 is 2.57 bits per heavy atom. The number of esters is 1. The van der Waals surface area contributed by atoms with Crippen molar-refractivity contribution in [1.82, 2.24) is 9.38 Å². The fourth-order valence-electron chi connectivity index (χ4n) is 6.17. The van der Waals surface area contributed by atoms with Crippen LogP contribution < -0.4 is 9.64 Å². The second-order valence-electron chi connectivity index (χ2n) is 12.3. The Bertz CT molecular complexity index is 1760. The molecule has 2 atom stereocenters. The number of piperidine rings is 1. The van der Waals surface area contributed by atoms with Gasteiger partial charge in [0.05, 0.1) is 36.3 Å². The standard InChI is InChI=1S/C38H44FN3O5/c1-7-11-26(5)47-32-22-29(39)14-15-30(32)27-12-10-13-28(21-27)31-24-42-23-25(4)33(35(43)37(44)45-9-3)34(36(42)40-31)41-18-16-38(6,17-19-41)46-20-8-2/h7-8,10,12-15,21-24,26,35,43H,1-2,9,11,16-20H2,3-6H3/t26-,35-/m0/s1. The molecule has 0 unspecified atom stereocenters. The number of ether oxygens (including phenoxy) is 3. The van der Waals surface area contributed by atoms with Crippen LogP contribution >= 0.6 is 0 Å². The summed E-state index contributed by atoms with van der Waals surface area (Å²) < 4.78 is 33.7. The van der Waals surface area contributed by atoms with Crippen molar-refractivity contribution in [3.8, 4) is 28.1 Å². The number of rotatable bonds is 13. The summed E-state index contributed by atoms with van der Waals surface area (Å²) in [6, 6.07) is 12.4. The van der Waals surface area contributed by atoms with Crippen LogP contribution in [0.5, 0.6) is 5.75 Å². The predicted octanol–water partition coefficient (Wildman–Crippen LogP) is 7.62. The Labute approximate surface area is 276 Å². The van der Waals surface area contributed by atoms with Crippen molar-refractivity contribution in [3.63, 3.8) is 0 Å². The smallest absolute Gasteiger partial charge is 0.339 e. The highest BCUT2D eigenvalue weighted by Gasteiger charge is 2.35. The van der Waals surface area contributed by atoms with Gasteiger partial charge >= 0.3 is 5.97 Å². The van der Waals surface area contributed by atoms with Crippen molar-refractivity contribution in [2.45, 2.75) is 64.8 Å². The van der Waals surface area contributed by atoms with Crippen LogP contribution in [0.2, 0.25) is 0 Å². The van der Waals surface area contributed by atoms with Gasteiger partial charge in [0.1, 0.15) is 11.6 Å². The molecule has 1 saturated heterocycles. The van der Waals surface area contributed by atoms with E-state index in [1.54, 1.807) is 25.1 Å². The van der Waals surface area contributed by atoms with Gasteiger partial charge in [-0.2, -0.15) is 0 Å². The van der Waals surface area contributed by atoms with E-state index in [4.69, 9.17) is 19.2 Å². The lowest BCUT2D eigenvalue weighted by Crippen LogP contribution is -2.45. The molecule has 9 heteroatoms. The summed E-state index contributed by atoms with van der Waals surface area (Å²) in [7, 11) is 0. The van der Waals surface area contributed by atoms with Gasteiger partial charge in [0.2, 0.25) is 0 Å². The van der Waals surface area contributed by atoms with Crippen LogP contribution in [-0.2, 0) is 14.3 Å². The van der Waals surface area contributed by atoms with Crippen molar-refractivity contribution in [2.75, 3.05) is 31.2 Å². The SMILES string of the molecule is C=CCOC1(C)CCN(c2c([C@H](O)C(=O)OCC)c(C)cn3cc(-c4cccc(-c5ccc(F)cc5O[C@@H](C)CC=C)c4)nc23)CC1. The first-order chi connectivity index (χ1) is 22.6. The summed E-state index contributed by atoms with van der Waals surface area (Å²) in [5.74, 6) is -0.618. The molecule has 3 heterocycles. The Balaban J connectivity index is 1.58. The summed E-state index contributed by atoms with van der Waals surface area (Å²) in [6.07, 6.45) is 7.85. The first kappa shape index (κ1) is 33.9. The number of aryl methyl sites for hydroxylation is 1. The van der Waals surface area contributed by atoms with Gasteiger partial charge in [-0.25, -0.2) is 14.2 Å². The number of aliphatic hydroxyl groups excluding tert-OH is 1. The highest BCUT2D eigenvalue weighted by Crippen LogP contribution is 2.40. The predicted molar refractivity (Wildman–Crippen MR) is 183 cm³/mol. The molecule has 1 aliphatic heterocycles. The number of nitrogens with zero attached hydrogens (tertiary/aromatic N) is 3. The minimum atomic E-state index is -1.47. The summed E-state index contributed by atoms with van der Waals surface area (Å²) in [5, 5.41) is 11.3. The van der Waals surface area contributed by atoms with E-state index in [1.165, 1.54) is 12.1 Å². The molecular weight excluding hydrogens is 597 g/mol. The largest absolute Gasteiger partial charge is 0.490 e. The van der Waals surface area contributed by atoms with E-state index in [-0.39, 0.29) is 24.1 Å². The van der Waals surface area contributed by atoms with Crippen LogP contribution in [0.3, 0.4) is 0 Å². The molecule has 4 aromatic rings. The molecule has 248 valence electrons. The maximum Gasteiger partial charge on any atom is 0.339 e. The van der Waals surface area contributed by atoms with Gasteiger partial charge in [0.25, 0.3) is 0 Å². The van der Waals surface area contributed by atoms with Gasteiger partial charge < -0.3 is 28.6 Å². The molecule has 1 N–H and O–H groups in total. The van der Waals surface area contributed by atoms with Crippen LogP contribution in [0, 0.1) is 12.7 Å². The summed E-state index contributed by atoms with van der Waals surface area (Å²) in [6.45, 7) is 17.1. The zero-order chi connectivity index (χ0) is 33.7. The third-order valence-corrected chi connectivity index (χ3v) is 8.67. The molecule has 0 spiro atoms. The molecule has 0 bridgehead atoms. The molecule has 0 aliphatic carbocycles. The number of imidazole rings is 1. The minimum Gasteiger partial charge on any atom is -0.490 e. The lowest BCUT2D eigenvalue weighted by Gasteiger charge is -2.41. The van der Waals surface area contributed by atoms with Gasteiger partial charge in [-0.15, -0.1) is 13.2 Å². The molecule has 47 heavy (non-hydrogen) atoms. The van der Waals surface area contributed by atoms with E-state index in [0.29, 0.717) is 54.5 Å². The maximum atomic E-state index is 14.3. The van der Waals surface area contributed by atoms with Crippen LogP contribution in [0.25, 0.3) is 28.0 Å². The third kappa shape index (κ3) is 7.42. The molecule has 2 aromatic heterocycles. The molecule has 2 aromatic carbocycles. The molecule has 1 fully saturated rings. The number of aromatic nitrogens is 2. The quantitative estimate of drug-likeness (QED) is 0.119. The number of halogens is 1. The first-order valence-electron chi connectivity index (χ1n) is 16.1. The zero-order valence-corrected chi connectivity index (χ0v) is 27.7. The first-order valence-corrected chi connectivity index (χ1v) is 16.1. The highest BCUT2D eigenvalue weighted by atomic mass is 19.1. The van der Waals surface area contributed by atoms with Crippen molar-refractivity contribution >= 4 is 17.3 Å². The Kier molecular flexibility index (Phi) is 10.5. The van der Waals surface area contributed by atoms with E-state index in [1.807, 2.05) is 54.9 Å². The number of hydrogen-bond donors (Lipinski definition) is 1. The number of hydrogen-bond acceptors (Lipinski definition) is 7. The molecule has 8 nitrogen and oxygen atoms in total. The van der Waals surface area contributed by atoms with Gasteiger partial charge in [-0.3, -0.25) is 0 Å². The fourth-order valence-corrected chi connectivity index (χ4v) is 6.17. The van der Waals surface area contributed by atoms with Gasteiger partial charge in [0, 0.05) is 54.7 Å². The minimum absolute atomic E-state index is 0.160. The second-order valence-corrected chi connectivity index (χ2v) is 12.3. The Hall–Kier alpha value is -4.47. The molecule has 5 rings (SSSR count). The summed E-state index contributed by atoms with van der Waals surface area (Å²) in [4.78, 5) is 20.1. The van der Waals surface area contributed by atoms with Gasteiger partial charge in [-0.05, 0) is 69.9 Å². The highest BCUT2D eigenvalue weighted by molar-refractivity contribution is 5.86. The molecule has 0 saturated carbocycles.